The predicted molar refractivity (Wildman–Crippen MR) is 107 cm³/mol. The van der Waals surface area contributed by atoms with Crippen molar-refractivity contribution < 1.29 is 22.6 Å². The normalized spacial score (nSPS) is 16.4. The molecule has 11 heteroatoms. The summed E-state index contributed by atoms with van der Waals surface area (Å²) in [4.78, 5) is 10.3. The molecule has 1 unspecified atom stereocenters. The van der Waals surface area contributed by atoms with E-state index in [1.165, 1.54) is 18.3 Å². The van der Waals surface area contributed by atoms with Crippen molar-refractivity contribution in [3.05, 3.63) is 48.5 Å². The van der Waals surface area contributed by atoms with Crippen molar-refractivity contribution in [2.24, 2.45) is 0 Å². The van der Waals surface area contributed by atoms with Crippen LogP contribution in [-0.2, 0) is 4.74 Å². The molecular weight excluding hydrogens is 413 g/mol. The van der Waals surface area contributed by atoms with Gasteiger partial charge in [-0.15, -0.1) is 5.10 Å². The molecule has 1 N–H and O–H groups in total. The van der Waals surface area contributed by atoms with E-state index >= 15 is 0 Å². The third-order valence-corrected chi connectivity index (χ3v) is 4.67. The molecule has 1 atom stereocenters. The molecule has 162 valence electrons. The van der Waals surface area contributed by atoms with Crippen molar-refractivity contribution in [1.82, 2.24) is 20.2 Å². The first kappa shape index (κ1) is 20.8. The standard InChI is InChI=1S/C20H19F3N6O2/c1-12-11-30-7-6-29(12)20-24-10-16(21)18(27-20)26-17-8-14(9-25-28-17)13-2-4-15(5-3-13)31-19(22)23/h2-5,8-10,12,19H,6-7,11H2,1H3,(H,24,26,27,28). The van der Waals surface area contributed by atoms with Crippen LogP contribution in [0.4, 0.5) is 30.8 Å². The summed E-state index contributed by atoms with van der Waals surface area (Å²) in [7, 11) is 0. The van der Waals surface area contributed by atoms with E-state index in [9.17, 15) is 13.2 Å². The van der Waals surface area contributed by atoms with E-state index in [0.29, 0.717) is 36.8 Å². The van der Waals surface area contributed by atoms with Gasteiger partial charge >= 0.3 is 6.61 Å². The number of alkyl halides is 2. The highest BCUT2D eigenvalue weighted by molar-refractivity contribution is 5.67. The second kappa shape index (κ2) is 9.13. The van der Waals surface area contributed by atoms with Gasteiger partial charge in [0, 0.05) is 12.1 Å². The van der Waals surface area contributed by atoms with Gasteiger partial charge in [-0.3, -0.25) is 0 Å². The minimum Gasteiger partial charge on any atom is -0.435 e. The number of halogens is 3. The second-order valence-corrected chi connectivity index (χ2v) is 6.84. The average molecular weight is 432 g/mol. The van der Waals surface area contributed by atoms with Crippen LogP contribution in [0.15, 0.2) is 42.7 Å². The number of nitrogens with one attached hydrogen (secondary N) is 1. The monoisotopic (exact) mass is 432 g/mol. The number of benzene rings is 1. The maximum Gasteiger partial charge on any atom is 0.387 e. The number of rotatable bonds is 6. The van der Waals surface area contributed by atoms with Crippen LogP contribution in [-0.4, -0.2) is 52.6 Å². The lowest BCUT2D eigenvalue weighted by molar-refractivity contribution is -0.0498. The molecule has 31 heavy (non-hydrogen) atoms. The number of aromatic nitrogens is 4. The Morgan fingerprint density at radius 3 is 2.74 bits per heavy atom. The Labute approximate surface area is 176 Å². The fraction of sp³-hybridized carbons (Fsp3) is 0.300. The van der Waals surface area contributed by atoms with Crippen LogP contribution >= 0.6 is 0 Å². The Kier molecular flexibility index (Phi) is 6.12. The Balaban J connectivity index is 1.54. The molecule has 0 spiro atoms. The van der Waals surface area contributed by atoms with E-state index in [0.717, 1.165) is 6.20 Å². The highest BCUT2D eigenvalue weighted by Crippen LogP contribution is 2.26. The summed E-state index contributed by atoms with van der Waals surface area (Å²) in [5.74, 6) is 0.0376. The topological polar surface area (TPSA) is 85.3 Å². The van der Waals surface area contributed by atoms with Crippen LogP contribution in [0.1, 0.15) is 6.92 Å². The number of nitrogens with zero attached hydrogens (tertiary/aromatic N) is 5. The molecule has 1 aromatic carbocycles. The van der Waals surface area contributed by atoms with E-state index in [4.69, 9.17) is 4.74 Å². The zero-order valence-electron chi connectivity index (χ0n) is 16.5. The van der Waals surface area contributed by atoms with E-state index in [2.05, 4.69) is 30.2 Å². The summed E-state index contributed by atoms with van der Waals surface area (Å²) in [5.41, 5.74) is 1.35. The summed E-state index contributed by atoms with van der Waals surface area (Å²) in [6.07, 6.45) is 2.61. The zero-order valence-corrected chi connectivity index (χ0v) is 16.5. The average Bonchev–Trinajstić information content (AvgIpc) is 2.76. The molecule has 2 aromatic heterocycles. The Bertz CT molecular complexity index is 1040. The molecule has 1 aliphatic heterocycles. The Morgan fingerprint density at radius 1 is 1.19 bits per heavy atom. The van der Waals surface area contributed by atoms with Crippen molar-refractivity contribution in [2.75, 3.05) is 30.0 Å². The van der Waals surface area contributed by atoms with E-state index in [1.807, 2.05) is 11.8 Å². The molecule has 1 saturated heterocycles. The van der Waals surface area contributed by atoms with Gasteiger partial charge in [-0.2, -0.15) is 18.9 Å². The number of hydrogen-bond donors (Lipinski definition) is 1. The van der Waals surface area contributed by atoms with Gasteiger partial charge in [-0.05, 0) is 30.7 Å². The van der Waals surface area contributed by atoms with Gasteiger partial charge in [0.05, 0.1) is 31.6 Å². The van der Waals surface area contributed by atoms with Gasteiger partial charge in [0.25, 0.3) is 0 Å². The van der Waals surface area contributed by atoms with Crippen molar-refractivity contribution >= 4 is 17.6 Å². The van der Waals surface area contributed by atoms with Crippen LogP contribution < -0.4 is 15.0 Å². The summed E-state index contributed by atoms with van der Waals surface area (Å²) < 4.78 is 48.7. The maximum absolute atomic E-state index is 14.3. The molecule has 3 heterocycles. The number of ether oxygens (including phenoxy) is 2. The van der Waals surface area contributed by atoms with Gasteiger partial charge in [0.15, 0.2) is 17.5 Å². The molecule has 0 aliphatic carbocycles. The van der Waals surface area contributed by atoms with Crippen molar-refractivity contribution in [3.8, 4) is 16.9 Å². The third-order valence-electron chi connectivity index (χ3n) is 4.67. The minimum atomic E-state index is -2.89. The Hall–Kier alpha value is -3.47. The van der Waals surface area contributed by atoms with Crippen LogP contribution in [0.5, 0.6) is 5.75 Å². The molecule has 0 bridgehead atoms. The lowest BCUT2D eigenvalue weighted by Gasteiger charge is -2.33. The fourth-order valence-electron chi connectivity index (χ4n) is 3.14. The van der Waals surface area contributed by atoms with Crippen molar-refractivity contribution in [3.63, 3.8) is 0 Å². The van der Waals surface area contributed by atoms with E-state index in [1.54, 1.807) is 18.2 Å². The lowest BCUT2D eigenvalue weighted by atomic mass is 10.1. The molecule has 3 aromatic rings. The minimum absolute atomic E-state index is 0.0316. The first-order valence-electron chi connectivity index (χ1n) is 9.51. The quantitative estimate of drug-likeness (QED) is 0.632. The third kappa shape index (κ3) is 5.00. The number of morpholine rings is 1. The van der Waals surface area contributed by atoms with E-state index < -0.39 is 12.4 Å². The van der Waals surface area contributed by atoms with Gasteiger partial charge in [0.1, 0.15) is 5.75 Å². The van der Waals surface area contributed by atoms with Crippen LogP contribution in [0.25, 0.3) is 11.1 Å². The first-order chi connectivity index (χ1) is 15.0. The summed E-state index contributed by atoms with van der Waals surface area (Å²) >= 11 is 0. The maximum atomic E-state index is 14.3. The molecule has 8 nitrogen and oxygen atoms in total. The second-order valence-electron chi connectivity index (χ2n) is 6.84. The zero-order chi connectivity index (χ0) is 21.8. The summed E-state index contributed by atoms with van der Waals surface area (Å²) in [6, 6.07) is 7.79. The highest BCUT2D eigenvalue weighted by Gasteiger charge is 2.22. The smallest absolute Gasteiger partial charge is 0.387 e. The lowest BCUT2D eigenvalue weighted by Crippen LogP contribution is -2.44. The number of anilines is 3. The van der Waals surface area contributed by atoms with Gasteiger partial charge in [-0.25, -0.2) is 9.37 Å². The van der Waals surface area contributed by atoms with Crippen LogP contribution in [0, 0.1) is 5.82 Å². The first-order valence-corrected chi connectivity index (χ1v) is 9.51. The van der Waals surface area contributed by atoms with Crippen molar-refractivity contribution in [1.29, 1.82) is 0 Å². The van der Waals surface area contributed by atoms with Crippen molar-refractivity contribution in [2.45, 2.75) is 19.6 Å². The van der Waals surface area contributed by atoms with E-state index in [-0.39, 0.29) is 23.4 Å². The fourth-order valence-corrected chi connectivity index (χ4v) is 3.14. The molecule has 0 amide bonds. The summed E-state index contributed by atoms with van der Waals surface area (Å²) in [5, 5.41) is 10.7. The highest BCUT2D eigenvalue weighted by atomic mass is 19.3. The molecule has 1 fully saturated rings. The Morgan fingerprint density at radius 2 is 2.00 bits per heavy atom. The molecule has 0 saturated carbocycles. The van der Waals surface area contributed by atoms with Crippen LogP contribution in [0.2, 0.25) is 0 Å². The molecule has 0 radical (unpaired) electrons. The molecular formula is C20H19F3N6O2. The SMILES string of the molecule is CC1COCCN1c1ncc(F)c(Nc2cc(-c3ccc(OC(F)F)cc3)cnn2)n1. The van der Waals surface area contributed by atoms with Crippen LogP contribution in [0.3, 0.4) is 0 Å². The predicted octanol–water partition coefficient (Wildman–Crippen LogP) is 3.64. The van der Waals surface area contributed by atoms with Gasteiger partial charge in [0.2, 0.25) is 5.95 Å². The largest absolute Gasteiger partial charge is 0.435 e. The van der Waals surface area contributed by atoms with Gasteiger partial charge < -0.3 is 19.7 Å². The molecule has 1 aliphatic rings. The molecule has 4 rings (SSSR count). The van der Waals surface area contributed by atoms with Gasteiger partial charge in [-0.1, -0.05) is 12.1 Å². The summed E-state index contributed by atoms with van der Waals surface area (Å²) in [6.45, 7) is 0.774. The number of hydrogen-bond acceptors (Lipinski definition) is 8.